The van der Waals surface area contributed by atoms with Gasteiger partial charge in [-0.25, -0.2) is 18.1 Å². The van der Waals surface area contributed by atoms with Gasteiger partial charge in [-0.15, -0.1) is 0 Å². The van der Waals surface area contributed by atoms with Crippen molar-refractivity contribution in [2.45, 2.75) is 19.2 Å². The van der Waals surface area contributed by atoms with Gasteiger partial charge in [0.2, 0.25) is 10.0 Å². The van der Waals surface area contributed by atoms with E-state index in [4.69, 9.17) is 11.6 Å². The molecule has 0 saturated heterocycles. The molecule has 2 aromatic carbocycles. The van der Waals surface area contributed by atoms with Crippen LogP contribution in [0.4, 0.5) is 0 Å². The molecule has 1 aromatic heterocycles. The standard InChI is InChI=1S/C18H18ClN3O2S/c1-14-20-10-11-22(14)18-9-5-3-6-15(18)12-21-25(23,24)13-16-7-2-4-8-17(16)19/h2-11,21H,12-13H2,1H3. The number of aromatic nitrogens is 2. The number of hydrogen-bond donors (Lipinski definition) is 1. The summed E-state index contributed by atoms with van der Waals surface area (Å²) in [5, 5.41) is 0.447. The van der Waals surface area contributed by atoms with E-state index in [1.54, 1.807) is 30.5 Å². The Morgan fingerprint density at radius 2 is 1.76 bits per heavy atom. The highest BCUT2D eigenvalue weighted by molar-refractivity contribution is 7.88. The van der Waals surface area contributed by atoms with Crippen molar-refractivity contribution >= 4 is 21.6 Å². The summed E-state index contributed by atoms with van der Waals surface area (Å²) in [4.78, 5) is 4.22. The molecule has 0 spiro atoms. The molecule has 0 aliphatic carbocycles. The van der Waals surface area contributed by atoms with E-state index in [-0.39, 0.29) is 12.3 Å². The molecular weight excluding hydrogens is 358 g/mol. The average Bonchev–Trinajstić information content (AvgIpc) is 3.01. The first-order chi connectivity index (χ1) is 12.0. The molecule has 0 aliphatic rings. The number of nitrogens with one attached hydrogen (secondary N) is 1. The van der Waals surface area contributed by atoms with Crippen LogP contribution in [0.25, 0.3) is 5.69 Å². The minimum Gasteiger partial charge on any atom is -0.304 e. The van der Waals surface area contributed by atoms with Crippen molar-refractivity contribution in [3.63, 3.8) is 0 Å². The highest BCUT2D eigenvalue weighted by Crippen LogP contribution is 2.19. The summed E-state index contributed by atoms with van der Waals surface area (Å²) < 4.78 is 29.4. The normalized spacial score (nSPS) is 11.6. The predicted octanol–water partition coefficient (Wildman–Crippen LogP) is 3.45. The van der Waals surface area contributed by atoms with Crippen LogP contribution in [0.3, 0.4) is 0 Å². The molecule has 1 heterocycles. The zero-order chi connectivity index (χ0) is 17.9. The van der Waals surface area contributed by atoms with Crippen LogP contribution in [0.5, 0.6) is 0 Å². The van der Waals surface area contributed by atoms with E-state index in [0.29, 0.717) is 10.6 Å². The van der Waals surface area contributed by atoms with Crippen LogP contribution in [0.15, 0.2) is 60.9 Å². The van der Waals surface area contributed by atoms with Gasteiger partial charge in [0.1, 0.15) is 5.82 Å². The zero-order valence-corrected chi connectivity index (χ0v) is 15.3. The maximum atomic E-state index is 12.4. The van der Waals surface area contributed by atoms with E-state index in [1.165, 1.54) is 0 Å². The van der Waals surface area contributed by atoms with Crippen molar-refractivity contribution in [2.75, 3.05) is 0 Å². The molecule has 0 amide bonds. The fourth-order valence-electron chi connectivity index (χ4n) is 2.59. The lowest BCUT2D eigenvalue weighted by Crippen LogP contribution is -2.25. The van der Waals surface area contributed by atoms with E-state index in [2.05, 4.69) is 9.71 Å². The number of para-hydroxylation sites is 1. The topological polar surface area (TPSA) is 64.0 Å². The largest absolute Gasteiger partial charge is 0.304 e. The number of benzene rings is 2. The quantitative estimate of drug-likeness (QED) is 0.717. The third kappa shape index (κ3) is 4.28. The Morgan fingerprint density at radius 3 is 2.44 bits per heavy atom. The van der Waals surface area contributed by atoms with Gasteiger partial charge in [0.25, 0.3) is 0 Å². The molecule has 0 atom stereocenters. The first kappa shape index (κ1) is 17.7. The van der Waals surface area contributed by atoms with Crippen LogP contribution in [-0.4, -0.2) is 18.0 Å². The SMILES string of the molecule is Cc1nccn1-c1ccccc1CNS(=O)(=O)Cc1ccccc1Cl. The van der Waals surface area contributed by atoms with Crippen LogP contribution in [-0.2, 0) is 22.3 Å². The summed E-state index contributed by atoms with van der Waals surface area (Å²) in [6.45, 7) is 2.10. The molecule has 7 heteroatoms. The van der Waals surface area contributed by atoms with Crippen molar-refractivity contribution in [1.82, 2.24) is 14.3 Å². The van der Waals surface area contributed by atoms with Crippen molar-refractivity contribution in [3.8, 4) is 5.69 Å². The molecule has 0 saturated carbocycles. The van der Waals surface area contributed by atoms with E-state index in [9.17, 15) is 8.42 Å². The molecule has 0 radical (unpaired) electrons. The van der Waals surface area contributed by atoms with Gasteiger partial charge in [0.05, 0.1) is 11.4 Å². The molecule has 0 unspecified atom stereocenters. The number of hydrogen-bond acceptors (Lipinski definition) is 3. The highest BCUT2D eigenvalue weighted by atomic mass is 35.5. The van der Waals surface area contributed by atoms with Crippen molar-refractivity contribution in [1.29, 1.82) is 0 Å². The Kier molecular flexibility index (Phi) is 5.22. The minimum absolute atomic E-state index is 0.154. The molecule has 0 bridgehead atoms. The molecular formula is C18H18ClN3O2S. The van der Waals surface area contributed by atoms with E-state index >= 15 is 0 Å². The average molecular weight is 376 g/mol. The summed E-state index contributed by atoms with van der Waals surface area (Å²) in [7, 11) is -3.51. The summed E-state index contributed by atoms with van der Waals surface area (Å²) in [6.07, 6.45) is 3.57. The first-order valence-electron chi connectivity index (χ1n) is 7.75. The zero-order valence-electron chi connectivity index (χ0n) is 13.7. The van der Waals surface area contributed by atoms with Gasteiger partial charge in [-0.1, -0.05) is 48.0 Å². The third-order valence-corrected chi connectivity index (χ3v) is 5.51. The lowest BCUT2D eigenvalue weighted by atomic mass is 10.2. The highest BCUT2D eigenvalue weighted by Gasteiger charge is 2.15. The van der Waals surface area contributed by atoms with Gasteiger partial charge in [-0.2, -0.15) is 0 Å². The summed E-state index contributed by atoms with van der Waals surface area (Å²) in [5.74, 6) is 0.685. The third-order valence-electron chi connectivity index (χ3n) is 3.86. The number of rotatable bonds is 6. The van der Waals surface area contributed by atoms with Crippen molar-refractivity contribution in [3.05, 3.63) is 82.9 Å². The number of nitrogens with zero attached hydrogens (tertiary/aromatic N) is 2. The van der Waals surface area contributed by atoms with E-state index in [1.807, 2.05) is 42.0 Å². The fraction of sp³-hybridized carbons (Fsp3) is 0.167. The molecule has 0 aliphatic heterocycles. The Bertz CT molecular complexity index is 983. The Hall–Kier alpha value is -2.15. The second-order valence-electron chi connectivity index (χ2n) is 5.64. The van der Waals surface area contributed by atoms with Gasteiger partial charge < -0.3 is 4.57 Å². The summed E-state index contributed by atoms with van der Waals surface area (Å²) in [6, 6.07) is 14.6. The minimum atomic E-state index is -3.51. The van der Waals surface area contributed by atoms with Crippen LogP contribution in [0, 0.1) is 6.92 Å². The number of imidazole rings is 1. The molecule has 25 heavy (non-hydrogen) atoms. The number of sulfonamides is 1. The monoisotopic (exact) mass is 375 g/mol. The maximum absolute atomic E-state index is 12.4. The number of aryl methyl sites for hydroxylation is 1. The van der Waals surface area contributed by atoms with Gasteiger partial charge >= 0.3 is 0 Å². The summed E-state index contributed by atoms with van der Waals surface area (Å²) in [5.41, 5.74) is 2.35. The molecule has 3 rings (SSSR count). The maximum Gasteiger partial charge on any atom is 0.216 e. The van der Waals surface area contributed by atoms with Crippen LogP contribution >= 0.6 is 11.6 Å². The van der Waals surface area contributed by atoms with E-state index in [0.717, 1.165) is 17.1 Å². The number of halogens is 1. The first-order valence-corrected chi connectivity index (χ1v) is 9.78. The smallest absolute Gasteiger partial charge is 0.216 e. The van der Waals surface area contributed by atoms with Crippen LogP contribution in [0.1, 0.15) is 17.0 Å². The molecule has 0 fully saturated rings. The van der Waals surface area contributed by atoms with E-state index < -0.39 is 10.0 Å². The van der Waals surface area contributed by atoms with Gasteiger partial charge in [-0.05, 0) is 30.2 Å². The Morgan fingerprint density at radius 1 is 1.08 bits per heavy atom. The predicted molar refractivity (Wildman–Crippen MR) is 99.2 cm³/mol. The Labute approximate surface area is 152 Å². The van der Waals surface area contributed by atoms with Crippen molar-refractivity contribution in [2.24, 2.45) is 0 Å². The van der Waals surface area contributed by atoms with Crippen LogP contribution < -0.4 is 4.72 Å². The molecule has 3 aromatic rings. The second kappa shape index (κ2) is 7.39. The molecule has 130 valence electrons. The lowest BCUT2D eigenvalue weighted by Gasteiger charge is -2.13. The van der Waals surface area contributed by atoms with Gasteiger partial charge in [0, 0.05) is 24.0 Å². The lowest BCUT2D eigenvalue weighted by molar-refractivity contribution is 0.580. The second-order valence-corrected chi connectivity index (χ2v) is 7.86. The molecule has 5 nitrogen and oxygen atoms in total. The molecule has 1 N–H and O–H groups in total. The van der Waals surface area contributed by atoms with Crippen LogP contribution in [0.2, 0.25) is 5.02 Å². The van der Waals surface area contributed by atoms with Crippen molar-refractivity contribution < 1.29 is 8.42 Å². The summed E-state index contributed by atoms with van der Waals surface area (Å²) >= 11 is 6.06. The van der Waals surface area contributed by atoms with Gasteiger partial charge in [0.15, 0.2) is 0 Å². The Balaban J connectivity index is 1.78. The van der Waals surface area contributed by atoms with Gasteiger partial charge in [-0.3, -0.25) is 0 Å². The fourth-order valence-corrected chi connectivity index (χ4v) is 4.01.